The van der Waals surface area contributed by atoms with E-state index in [-0.39, 0.29) is 5.91 Å². The minimum absolute atomic E-state index is 0.229. The van der Waals surface area contributed by atoms with Gasteiger partial charge in [-0.25, -0.2) is 9.97 Å². The van der Waals surface area contributed by atoms with Gasteiger partial charge in [0, 0.05) is 38.6 Å². The summed E-state index contributed by atoms with van der Waals surface area (Å²) in [6, 6.07) is 5.99. The lowest BCUT2D eigenvalue weighted by molar-refractivity contribution is -0.885. The molecule has 122 valence electrons. The smallest absolute Gasteiger partial charge is 0.277 e. The van der Waals surface area contributed by atoms with Gasteiger partial charge in [0.25, 0.3) is 5.91 Å². The third-order valence-electron chi connectivity index (χ3n) is 3.98. The van der Waals surface area contributed by atoms with E-state index >= 15 is 0 Å². The number of nitrogens with zero attached hydrogens (tertiary/aromatic N) is 4. The van der Waals surface area contributed by atoms with Crippen molar-refractivity contribution in [3.8, 4) is 0 Å². The van der Waals surface area contributed by atoms with E-state index in [1.54, 1.807) is 23.7 Å². The molecular formula is C16H22N5OS+. The number of likely N-dealkylation sites (N-methyl/N-ethyl adjacent to an activating group) is 1. The fraction of sp³-hybridized carbons (Fsp3) is 0.438. The molecule has 1 saturated heterocycles. The maximum Gasteiger partial charge on any atom is 0.277 e. The standard InChI is InChI=1S/C16H21N5OS/c1-19(12-14-4-2-11-23-14)13-15(22)20-7-9-21(10-8-20)16-17-5-3-6-18-16/h2-6,11H,7-10,12-13H2,1H3/p+1. The van der Waals surface area contributed by atoms with Gasteiger partial charge in [-0.15, -0.1) is 11.3 Å². The molecule has 0 aromatic carbocycles. The number of hydrogen-bond donors (Lipinski definition) is 1. The number of aromatic nitrogens is 2. The molecule has 0 saturated carbocycles. The molecule has 1 aliphatic rings. The molecule has 7 heteroatoms. The van der Waals surface area contributed by atoms with Crippen molar-refractivity contribution in [1.82, 2.24) is 14.9 Å². The Balaban J connectivity index is 1.46. The highest BCUT2D eigenvalue weighted by molar-refractivity contribution is 7.09. The second kappa shape index (κ2) is 7.52. The molecule has 2 aromatic heterocycles. The van der Waals surface area contributed by atoms with Gasteiger partial charge in [-0.1, -0.05) is 6.07 Å². The van der Waals surface area contributed by atoms with Gasteiger partial charge in [0.1, 0.15) is 6.54 Å². The number of rotatable bonds is 5. The van der Waals surface area contributed by atoms with Crippen LogP contribution in [0, 0.1) is 0 Å². The zero-order chi connectivity index (χ0) is 16.1. The molecule has 0 aliphatic carbocycles. The van der Waals surface area contributed by atoms with Crippen LogP contribution in [0.15, 0.2) is 36.0 Å². The number of hydrogen-bond acceptors (Lipinski definition) is 5. The lowest BCUT2D eigenvalue weighted by atomic mass is 10.3. The van der Waals surface area contributed by atoms with Gasteiger partial charge in [0.15, 0.2) is 6.54 Å². The van der Waals surface area contributed by atoms with Crippen LogP contribution >= 0.6 is 11.3 Å². The van der Waals surface area contributed by atoms with Crippen LogP contribution in [-0.4, -0.2) is 60.5 Å². The number of carbonyl (C=O) groups excluding carboxylic acids is 1. The van der Waals surface area contributed by atoms with E-state index in [4.69, 9.17) is 0 Å². The lowest BCUT2D eigenvalue weighted by Gasteiger charge is -2.34. The van der Waals surface area contributed by atoms with Crippen molar-refractivity contribution >= 4 is 23.2 Å². The summed E-state index contributed by atoms with van der Waals surface area (Å²) in [5.41, 5.74) is 0. The molecule has 1 N–H and O–H groups in total. The summed E-state index contributed by atoms with van der Waals surface area (Å²) in [5, 5.41) is 2.08. The van der Waals surface area contributed by atoms with Crippen molar-refractivity contribution in [2.24, 2.45) is 0 Å². The summed E-state index contributed by atoms with van der Waals surface area (Å²) in [6.45, 7) is 4.51. The first-order chi connectivity index (χ1) is 11.2. The highest BCUT2D eigenvalue weighted by atomic mass is 32.1. The van der Waals surface area contributed by atoms with Crippen molar-refractivity contribution in [3.05, 3.63) is 40.8 Å². The number of thiophene rings is 1. The van der Waals surface area contributed by atoms with Gasteiger partial charge in [0.2, 0.25) is 5.95 Å². The quantitative estimate of drug-likeness (QED) is 0.831. The topological polar surface area (TPSA) is 53.8 Å². The van der Waals surface area contributed by atoms with Crippen molar-refractivity contribution in [2.45, 2.75) is 6.54 Å². The van der Waals surface area contributed by atoms with E-state index in [9.17, 15) is 4.79 Å². The molecule has 1 unspecified atom stereocenters. The maximum absolute atomic E-state index is 12.4. The summed E-state index contributed by atoms with van der Waals surface area (Å²) < 4.78 is 0. The maximum atomic E-state index is 12.4. The van der Waals surface area contributed by atoms with Crippen LogP contribution in [0.1, 0.15) is 4.88 Å². The molecule has 1 fully saturated rings. The van der Waals surface area contributed by atoms with Crippen LogP contribution in [0.4, 0.5) is 5.95 Å². The van der Waals surface area contributed by atoms with Crippen LogP contribution in [0.2, 0.25) is 0 Å². The molecule has 3 heterocycles. The monoisotopic (exact) mass is 332 g/mol. The molecule has 0 bridgehead atoms. The second-order valence-electron chi connectivity index (χ2n) is 5.81. The number of nitrogens with one attached hydrogen (secondary N) is 1. The number of anilines is 1. The van der Waals surface area contributed by atoms with Gasteiger partial charge in [-0.05, 0) is 17.5 Å². The van der Waals surface area contributed by atoms with E-state index in [1.807, 2.05) is 11.0 Å². The Morgan fingerprint density at radius 1 is 1.22 bits per heavy atom. The van der Waals surface area contributed by atoms with Crippen LogP contribution in [0.5, 0.6) is 0 Å². The minimum atomic E-state index is 0.229. The highest BCUT2D eigenvalue weighted by Gasteiger charge is 2.24. The van der Waals surface area contributed by atoms with Gasteiger partial charge in [0.05, 0.1) is 11.9 Å². The zero-order valence-corrected chi connectivity index (χ0v) is 14.1. The van der Waals surface area contributed by atoms with Crippen LogP contribution < -0.4 is 9.80 Å². The van der Waals surface area contributed by atoms with E-state index in [2.05, 4.69) is 39.4 Å². The van der Waals surface area contributed by atoms with E-state index < -0.39 is 0 Å². The normalized spacial score (nSPS) is 16.4. The first-order valence-corrected chi connectivity index (χ1v) is 8.74. The molecule has 1 amide bonds. The van der Waals surface area contributed by atoms with Crippen LogP contribution in [0.25, 0.3) is 0 Å². The highest BCUT2D eigenvalue weighted by Crippen LogP contribution is 2.09. The predicted molar refractivity (Wildman–Crippen MR) is 90.6 cm³/mol. The third-order valence-corrected chi connectivity index (χ3v) is 4.85. The Morgan fingerprint density at radius 3 is 2.61 bits per heavy atom. The Morgan fingerprint density at radius 2 is 1.96 bits per heavy atom. The minimum Gasteiger partial charge on any atom is -0.337 e. The van der Waals surface area contributed by atoms with Crippen LogP contribution in [0.3, 0.4) is 0 Å². The van der Waals surface area contributed by atoms with Crippen molar-refractivity contribution in [1.29, 1.82) is 0 Å². The third kappa shape index (κ3) is 4.27. The van der Waals surface area contributed by atoms with Gasteiger partial charge in [-0.3, -0.25) is 4.79 Å². The average Bonchev–Trinajstić information content (AvgIpc) is 3.08. The van der Waals surface area contributed by atoms with E-state index in [0.29, 0.717) is 6.54 Å². The molecule has 2 aromatic rings. The molecule has 0 spiro atoms. The summed E-state index contributed by atoms with van der Waals surface area (Å²) in [7, 11) is 2.08. The van der Waals surface area contributed by atoms with E-state index in [1.165, 1.54) is 9.78 Å². The molecule has 6 nitrogen and oxygen atoms in total. The number of amides is 1. The van der Waals surface area contributed by atoms with Crippen LogP contribution in [-0.2, 0) is 11.3 Å². The summed E-state index contributed by atoms with van der Waals surface area (Å²) in [6.07, 6.45) is 3.51. The fourth-order valence-electron chi connectivity index (χ4n) is 2.75. The Bertz CT molecular complexity index is 611. The summed E-state index contributed by atoms with van der Waals surface area (Å²) >= 11 is 1.75. The Labute approximate surface area is 140 Å². The second-order valence-corrected chi connectivity index (χ2v) is 6.84. The first kappa shape index (κ1) is 15.9. The van der Waals surface area contributed by atoms with Crippen molar-refractivity contribution < 1.29 is 9.69 Å². The zero-order valence-electron chi connectivity index (χ0n) is 13.3. The number of quaternary nitrogens is 1. The Hall–Kier alpha value is -1.99. The summed E-state index contributed by atoms with van der Waals surface area (Å²) in [4.78, 5) is 27.6. The van der Waals surface area contributed by atoms with Gasteiger partial charge < -0.3 is 14.7 Å². The molecule has 3 rings (SSSR count). The Kier molecular flexibility index (Phi) is 5.19. The van der Waals surface area contributed by atoms with Crippen molar-refractivity contribution in [3.63, 3.8) is 0 Å². The summed E-state index contributed by atoms with van der Waals surface area (Å²) in [5.74, 6) is 0.979. The molecule has 0 radical (unpaired) electrons. The van der Waals surface area contributed by atoms with E-state index in [0.717, 1.165) is 38.7 Å². The molecule has 1 aliphatic heterocycles. The predicted octanol–water partition coefficient (Wildman–Crippen LogP) is -0.0984. The largest absolute Gasteiger partial charge is 0.337 e. The van der Waals surface area contributed by atoms with Gasteiger partial charge in [-0.2, -0.15) is 0 Å². The SMILES string of the molecule is C[NH+](CC(=O)N1CCN(c2ncccn2)CC1)Cc1cccs1. The van der Waals surface area contributed by atoms with Gasteiger partial charge >= 0.3 is 0 Å². The first-order valence-electron chi connectivity index (χ1n) is 7.86. The fourth-order valence-corrected chi connectivity index (χ4v) is 3.57. The molecule has 23 heavy (non-hydrogen) atoms. The lowest BCUT2D eigenvalue weighted by Crippen LogP contribution is -3.08. The number of carbonyl (C=O) groups is 1. The average molecular weight is 332 g/mol. The number of piperazine rings is 1. The van der Waals surface area contributed by atoms with Crippen molar-refractivity contribution in [2.75, 3.05) is 44.7 Å². The molecular weight excluding hydrogens is 310 g/mol. The molecule has 1 atom stereocenters.